The van der Waals surface area contributed by atoms with Crippen molar-refractivity contribution in [1.82, 2.24) is 20.2 Å². The number of rotatable bonds is 4. The first kappa shape index (κ1) is 13.0. The Morgan fingerprint density at radius 3 is 2.67 bits per heavy atom. The van der Waals surface area contributed by atoms with Gasteiger partial charge in [0, 0.05) is 5.92 Å². The fraction of sp³-hybridized carbons (Fsp3) is 0.750. The van der Waals surface area contributed by atoms with Crippen LogP contribution in [-0.4, -0.2) is 39.8 Å². The van der Waals surface area contributed by atoms with Crippen LogP contribution in [0.3, 0.4) is 0 Å². The molecule has 1 saturated carbocycles. The van der Waals surface area contributed by atoms with Crippen LogP contribution in [-0.2, 0) is 4.84 Å². The number of hydrogen-bond donors (Lipinski definition) is 1. The van der Waals surface area contributed by atoms with E-state index in [1.807, 2.05) is 20.8 Å². The smallest absolute Gasteiger partial charge is 0.274 e. The Bertz CT molecular complexity index is 432. The molecule has 2 rings (SSSR count). The third kappa shape index (κ3) is 3.07. The monoisotopic (exact) mass is 252 g/mol. The van der Waals surface area contributed by atoms with Gasteiger partial charge in [0.25, 0.3) is 0 Å². The Morgan fingerprint density at radius 2 is 2.17 bits per heavy atom. The van der Waals surface area contributed by atoms with Gasteiger partial charge in [-0.15, -0.1) is 5.10 Å². The minimum absolute atomic E-state index is 0.0404. The summed E-state index contributed by atoms with van der Waals surface area (Å²) < 4.78 is 0. The van der Waals surface area contributed by atoms with Gasteiger partial charge in [0.05, 0.1) is 13.7 Å². The van der Waals surface area contributed by atoms with Crippen LogP contribution in [0.1, 0.15) is 56.0 Å². The van der Waals surface area contributed by atoms with Gasteiger partial charge < -0.3 is 0 Å². The van der Waals surface area contributed by atoms with Gasteiger partial charge in [-0.3, -0.25) is 14.7 Å². The van der Waals surface area contributed by atoms with Crippen LogP contribution in [0.5, 0.6) is 0 Å². The van der Waals surface area contributed by atoms with E-state index in [-0.39, 0.29) is 17.1 Å². The van der Waals surface area contributed by atoms with Crippen molar-refractivity contribution < 1.29 is 9.63 Å². The highest BCUT2D eigenvalue weighted by atomic mass is 16.7. The zero-order valence-electron chi connectivity index (χ0n) is 11.4. The van der Waals surface area contributed by atoms with Crippen LogP contribution in [0, 0.1) is 5.41 Å². The van der Waals surface area contributed by atoms with Crippen molar-refractivity contribution in [3.05, 3.63) is 11.6 Å². The maximum Gasteiger partial charge on any atom is 0.317 e. The van der Waals surface area contributed by atoms with Gasteiger partial charge in [-0.2, -0.15) is 0 Å². The second-order valence-corrected chi connectivity index (χ2v) is 5.90. The molecule has 0 atom stereocenters. The quantitative estimate of drug-likeness (QED) is 0.828. The number of nitrogens with one attached hydrogen (secondary N) is 1. The van der Waals surface area contributed by atoms with E-state index in [1.54, 1.807) is 0 Å². The minimum atomic E-state index is -0.296. The van der Waals surface area contributed by atoms with Crippen molar-refractivity contribution in [3.63, 3.8) is 0 Å². The Kier molecular flexibility index (Phi) is 3.38. The lowest BCUT2D eigenvalue weighted by Crippen LogP contribution is -2.37. The standard InChI is InChI=1S/C12H20N4O2/c1-12(2,3)7-16(18-4)11(17)10-13-9(14-15-10)8-5-6-8/h8H,5-7H2,1-4H3,(H,13,14,15). The van der Waals surface area contributed by atoms with Gasteiger partial charge >= 0.3 is 5.91 Å². The van der Waals surface area contributed by atoms with Crippen LogP contribution in [0.4, 0.5) is 0 Å². The van der Waals surface area contributed by atoms with Gasteiger partial charge in [-0.05, 0) is 18.3 Å². The summed E-state index contributed by atoms with van der Waals surface area (Å²) in [7, 11) is 1.48. The third-order valence-corrected chi connectivity index (χ3v) is 2.72. The lowest BCUT2D eigenvalue weighted by molar-refractivity contribution is -0.111. The number of H-pyrrole nitrogens is 1. The molecule has 1 amide bonds. The molecule has 1 aromatic rings. The highest BCUT2D eigenvalue weighted by Gasteiger charge is 2.30. The summed E-state index contributed by atoms with van der Waals surface area (Å²) >= 11 is 0. The molecular formula is C12H20N4O2. The number of hydrogen-bond acceptors (Lipinski definition) is 4. The molecule has 0 spiro atoms. The maximum absolute atomic E-state index is 12.2. The number of carbonyl (C=O) groups is 1. The Balaban J connectivity index is 2.07. The average Bonchev–Trinajstić information content (AvgIpc) is 3.02. The SMILES string of the molecule is CON(CC(C)(C)C)C(=O)c1n[nH]c(C2CC2)n1. The van der Waals surface area contributed by atoms with Crippen LogP contribution in [0.2, 0.25) is 0 Å². The molecule has 1 aromatic heterocycles. The molecule has 0 radical (unpaired) electrons. The Hall–Kier alpha value is -1.43. The predicted octanol–water partition coefficient (Wildman–Crippen LogP) is 1.73. The number of aromatic nitrogens is 3. The van der Waals surface area contributed by atoms with E-state index in [0.29, 0.717) is 12.5 Å². The van der Waals surface area contributed by atoms with Crippen LogP contribution in [0.15, 0.2) is 0 Å². The average molecular weight is 252 g/mol. The van der Waals surface area contributed by atoms with Crippen molar-refractivity contribution in [3.8, 4) is 0 Å². The summed E-state index contributed by atoms with van der Waals surface area (Å²) in [4.78, 5) is 21.5. The fourth-order valence-corrected chi connectivity index (χ4v) is 1.67. The van der Waals surface area contributed by atoms with Crippen molar-refractivity contribution in [2.75, 3.05) is 13.7 Å². The first-order valence-corrected chi connectivity index (χ1v) is 6.19. The second kappa shape index (κ2) is 4.68. The normalized spacial score (nSPS) is 15.8. The Labute approximate surface area is 107 Å². The summed E-state index contributed by atoms with van der Waals surface area (Å²) in [6, 6.07) is 0. The molecule has 0 aliphatic heterocycles. The molecular weight excluding hydrogens is 232 g/mol. The zero-order valence-corrected chi connectivity index (χ0v) is 11.4. The molecule has 1 N–H and O–H groups in total. The van der Waals surface area contributed by atoms with Crippen molar-refractivity contribution in [2.24, 2.45) is 5.41 Å². The van der Waals surface area contributed by atoms with E-state index >= 15 is 0 Å². The topological polar surface area (TPSA) is 71.1 Å². The zero-order chi connectivity index (χ0) is 13.3. The molecule has 1 aliphatic rings. The van der Waals surface area contributed by atoms with E-state index in [4.69, 9.17) is 4.84 Å². The summed E-state index contributed by atoms with van der Waals surface area (Å²) in [6.45, 7) is 6.62. The largest absolute Gasteiger partial charge is 0.317 e. The van der Waals surface area contributed by atoms with E-state index in [2.05, 4.69) is 15.2 Å². The Morgan fingerprint density at radius 1 is 1.50 bits per heavy atom. The van der Waals surface area contributed by atoms with E-state index < -0.39 is 0 Å². The van der Waals surface area contributed by atoms with Gasteiger partial charge in [0.2, 0.25) is 5.82 Å². The number of hydroxylamine groups is 2. The second-order valence-electron chi connectivity index (χ2n) is 5.90. The fourth-order valence-electron chi connectivity index (χ4n) is 1.67. The van der Waals surface area contributed by atoms with Gasteiger partial charge in [0.15, 0.2) is 0 Å². The van der Waals surface area contributed by atoms with Crippen molar-refractivity contribution in [2.45, 2.75) is 39.5 Å². The molecule has 0 bridgehead atoms. The molecule has 1 aliphatic carbocycles. The maximum atomic E-state index is 12.2. The number of aromatic amines is 1. The number of amides is 1. The van der Waals surface area contributed by atoms with Crippen molar-refractivity contribution >= 4 is 5.91 Å². The first-order valence-electron chi connectivity index (χ1n) is 6.19. The van der Waals surface area contributed by atoms with Gasteiger partial charge in [0.1, 0.15) is 5.82 Å². The van der Waals surface area contributed by atoms with Crippen LogP contribution in [0.25, 0.3) is 0 Å². The molecule has 1 fully saturated rings. The third-order valence-electron chi connectivity index (χ3n) is 2.72. The highest BCUT2D eigenvalue weighted by Crippen LogP contribution is 2.37. The van der Waals surface area contributed by atoms with Crippen LogP contribution < -0.4 is 0 Å². The molecule has 0 aromatic carbocycles. The van der Waals surface area contributed by atoms with Crippen molar-refractivity contribution in [1.29, 1.82) is 0 Å². The highest BCUT2D eigenvalue weighted by molar-refractivity contribution is 5.89. The molecule has 6 nitrogen and oxygen atoms in total. The molecule has 6 heteroatoms. The van der Waals surface area contributed by atoms with E-state index in [0.717, 1.165) is 18.7 Å². The number of nitrogens with zero attached hydrogens (tertiary/aromatic N) is 3. The minimum Gasteiger partial charge on any atom is -0.274 e. The van der Waals surface area contributed by atoms with E-state index in [1.165, 1.54) is 12.2 Å². The first-order chi connectivity index (χ1) is 8.40. The lowest BCUT2D eigenvalue weighted by atomic mass is 9.97. The lowest BCUT2D eigenvalue weighted by Gasteiger charge is -2.26. The summed E-state index contributed by atoms with van der Waals surface area (Å²) in [5.74, 6) is 1.15. The van der Waals surface area contributed by atoms with E-state index in [9.17, 15) is 4.79 Å². The summed E-state index contributed by atoms with van der Waals surface area (Å²) in [5.41, 5.74) is -0.0404. The number of carbonyl (C=O) groups excluding carboxylic acids is 1. The van der Waals surface area contributed by atoms with Crippen LogP contribution >= 0.6 is 0 Å². The molecule has 1 heterocycles. The van der Waals surface area contributed by atoms with Gasteiger partial charge in [-0.1, -0.05) is 20.8 Å². The predicted molar refractivity (Wildman–Crippen MR) is 65.9 cm³/mol. The molecule has 18 heavy (non-hydrogen) atoms. The molecule has 100 valence electrons. The summed E-state index contributed by atoms with van der Waals surface area (Å²) in [5, 5.41) is 8.10. The molecule has 0 saturated heterocycles. The molecule has 0 unspecified atom stereocenters. The summed E-state index contributed by atoms with van der Waals surface area (Å²) in [6.07, 6.45) is 2.25. The van der Waals surface area contributed by atoms with Gasteiger partial charge in [-0.25, -0.2) is 10.0 Å².